The summed E-state index contributed by atoms with van der Waals surface area (Å²) in [4.78, 5) is 2.62. The molecule has 0 radical (unpaired) electrons. The molecule has 37 heavy (non-hydrogen) atoms. The summed E-state index contributed by atoms with van der Waals surface area (Å²) in [5, 5.41) is 9.98. The molecule has 3 aromatic carbocycles. The Hall–Kier alpha value is -2.98. The molecule has 0 aliphatic carbocycles. The van der Waals surface area contributed by atoms with E-state index in [9.17, 15) is 5.11 Å². The molecule has 1 saturated heterocycles. The van der Waals surface area contributed by atoms with Gasteiger partial charge in [-0.15, -0.1) is 0 Å². The third-order valence-electron chi connectivity index (χ3n) is 7.96. The lowest BCUT2D eigenvalue weighted by atomic mass is 9.76. The zero-order valence-electron chi connectivity index (χ0n) is 22.0. The number of phenols is 1. The molecule has 0 amide bonds. The number of rotatable bonds is 12. The predicted molar refractivity (Wildman–Crippen MR) is 150 cm³/mol. The standard InChI is InChI=1S/C33H41NO3/c35-28-16-19-30-32(24-28)37-25-31(26-12-6-5-7-13-26)33(30)27-14-17-29(18-15-27)36-23-11-4-2-1-3-8-20-34-21-9-10-22-34/h5-7,12-19,24,31,33,35H,1-4,8-11,20-23,25H2/t31-,33?/m1/s1. The van der Waals surface area contributed by atoms with Crippen LogP contribution in [0, 0.1) is 0 Å². The van der Waals surface area contributed by atoms with Gasteiger partial charge in [0.1, 0.15) is 17.2 Å². The fraction of sp³-hybridized carbons (Fsp3) is 0.455. The minimum absolute atomic E-state index is 0.159. The Morgan fingerprint density at radius 3 is 2.30 bits per heavy atom. The van der Waals surface area contributed by atoms with E-state index in [1.165, 1.54) is 75.7 Å². The van der Waals surface area contributed by atoms with Crippen LogP contribution in [0.25, 0.3) is 0 Å². The highest BCUT2D eigenvalue weighted by Crippen LogP contribution is 2.47. The monoisotopic (exact) mass is 499 g/mol. The zero-order chi connectivity index (χ0) is 25.3. The van der Waals surface area contributed by atoms with Crippen LogP contribution >= 0.6 is 0 Å². The first-order valence-electron chi connectivity index (χ1n) is 14.2. The molecular weight excluding hydrogens is 458 g/mol. The van der Waals surface area contributed by atoms with Crippen LogP contribution in [-0.2, 0) is 0 Å². The second-order valence-electron chi connectivity index (χ2n) is 10.6. The zero-order valence-corrected chi connectivity index (χ0v) is 22.0. The van der Waals surface area contributed by atoms with E-state index in [0.29, 0.717) is 6.61 Å². The van der Waals surface area contributed by atoms with E-state index in [2.05, 4.69) is 59.5 Å². The second-order valence-corrected chi connectivity index (χ2v) is 10.6. The van der Waals surface area contributed by atoms with E-state index in [4.69, 9.17) is 9.47 Å². The molecule has 0 saturated carbocycles. The normalized spacial score (nSPS) is 19.4. The number of likely N-dealkylation sites (tertiary alicyclic amines) is 1. The van der Waals surface area contributed by atoms with Crippen molar-refractivity contribution in [3.63, 3.8) is 0 Å². The maximum atomic E-state index is 9.98. The first-order valence-corrected chi connectivity index (χ1v) is 14.2. The number of aromatic hydroxyl groups is 1. The molecule has 0 spiro atoms. The van der Waals surface area contributed by atoms with Crippen molar-refractivity contribution in [2.75, 3.05) is 32.8 Å². The van der Waals surface area contributed by atoms with Gasteiger partial charge in [-0.2, -0.15) is 0 Å². The topological polar surface area (TPSA) is 41.9 Å². The van der Waals surface area contributed by atoms with E-state index in [-0.39, 0.29) is 17.6 Å². The number of hydrogen-bond donors (Lipinski definition) is 1. The maximum absolute atomic E-state index is 9.98. The van der Waals surface area contributed by atoms with E-state index >= 15 is 0 Å². The van der Waals surface area contributed by atoms with Gasteiger partial charge in [0.15, 0.2) is 0 Å². The van der Waals surface area contributed by atoms with Crippen molar-refractivity contribution in [3.05, 3.63) is 89.5 Å². The van der Waals surface area contributed by atoms with Crippen LogP contribution in [-0.4, -0.2) is 42.9 Å². The molecule has 1 unspecified atom stereocenters. The number of benzene rings is 3. The fourth-order valence-electron chi connectivity index (χ4n) is 5.91. The molecule has 4 nitrogen and oxygen atoms in total. The molecule has 2 aliphatic heterocycles. The Morgan fingerprint density at radius 2 is 1.51 bits per heavy atom. The molecule has 2 heterocycles. The lowest BCUT2D eigenvalue weighted by Gasteiger charge is -2.34. The summed E-state index contributed by atoms with van der Waals surface area (Å²) in [5.74, 6) is 2.31. The van der Waals surface area contributed by atoms with Crippen LogP contribution in [0.3, 0.4) is 0 Å². The molecule has 0 aromatic heterocycles. The number of hydrogen-bond acceptors (Lipinski definition) is 4. The first kappa shape index (κ1) is 25.7. The summed E-state index contributed by atoms with van der Waals surface area (Å²) >= 11 is 0. The highest BCUT2D eigenvalue weighted by molar-refractivity contribution is 5.50. The Bertz CT molecular complexity index is 1090. The average Bonchev–Trinajstić information content (AvgIpc) is 3.46. The number of ether oxygens (including phenoxy) is 2. The molecule has 5 rings (SSSR count). The van der Waals surface area contributed by atoms with E-state index in [1.54, 1.807) is 12.1 Å². The molecule has 1 N–H and O–H groups in total. The number of phenolic OH excluding ortho intramolecular Hbond substituents is 1. The molecule has 4 heteroatoms. The van der Waals surface area contributed by atoms with Gasteiger partial charge >= 0.3 is 0 Å². The average molecular weight is 500 g/mol. The lowest BCUT2D eigenvalue weighted by molar-refractivity contribution is 0.247. The van der Waals surface area contributed by atoms with Gasteiger partial charge in [0, 0.05) is 23.5 Å². The summed E-state index contributed by atoms with van der Waals surface area (Å²) < 4.78 is 12.2. The molecule has 2 aliphatic rings. The van der Waals surface area contributed by atoms with Crippen molar-refractivity contribution in [1.82, 2.24) is 4.90 Å². The molecule has 3 aromatic rings. The molecule has 1 fully saturated rings. The largest absolute Gasteiger partial charge is 0.508 e. The van der Waals surface area contributed by atoms with E-state index in [0.717, 1.165) is 30.1 Å². The summed E-state index contributed by atoms with van der Waals surface area (Å²) in [5.41, 5.74) is 3.62. The van der Waals surface area contributed by atoms with Crippen molar-refractivity contribution in [3.8, 4) is 17.2 Å². The molecule has 2 atom stereocenters. The minimum Gasteiger partial charge on any atom is -0.508 e. The van der Waals surface area contributed by atoms with Gasteiger partial charge in [0.25, 0.3) is 0 Å². The Kier molecular flexibility index (Phi) is 9.02. The van der Waals surface area contributed by atoms with Crippen molar-refractivity contribution in [1.29, 1.82) is 0 Å². The van der Waals surface area contributed by atoms with Gasteiger partial charge in [-0.05, 0) is 74.6 Å². The van der Waals surface area contributed by atoms with Gasteiger partial charge in [0.05, 0.1) is 13.2 Å². The van der Waals surface area contributed by atoms with Gasteiger partial charge in [-0.3, -0.25) is 0 Å². The summed E-state index contributed by atoms with van der Waals surface area (Å²) in [6.45, 7) is 5.30. The third kappa shape index (κ3) is 6.87. The SMILES string of the molecule is Oc1ccc2c(c1)OC[C@H](c1ccccc1)C2c1ccc(OCCCCCCCCN2CCCC2)cc1. The van der Waals surface area contributed by atoms with Crippen LogP contribution in [0.5, 0.6) is 17.2 Å². The van der Waals surface area contributed by atoms with Gasteiger partial charge < -0.3 is 19.5 Å². The minimum atomic E-state index is 0.159. The van der Waals surface area contributed by atoms with Crippen LogP contribution in [0.4, 0.5) is 0 Å². The van der Waals surface area contributed by atoms with Crippen molar-refractivity contribution in [2.45, 2.75) is 63.2 Å². The quantitative estimate of drug-likeness (QED) is 0.262. The predicted octanol–water partition coefficient (Wildman–Crippen LogP) is 7.52. The van der Waals surface area contributed by atoms with Crippen molar-refractivity contribution in [2.24, 2.45) is 0 Å². The van der Waals surface area contributed by atoms with E-state index < -0.39 is 0 Å². The van der Waals surface area contributed by atoms with Crippen LogP contribution in [0.2, 0.25) is 0 Å². The molecular formula is C33H41NO3. The van der Waals surface area contributed by atoms with Gasteiger partial charge in [0.2, 0.25) is 0 Å². The van der Waals surface area contributed by atoms with Crippen molar-refractivity contribution >= 4 is 0 Å². The second kappa shape index (κ2) is 13.0. The Morgan fingerprint density at radius 1 is 0.784 bits per heavy atom. The number of unbranched alkanes of at least 4 members (excludes halogenated alkanes) is 5. The highest BCUT2D eigenvalue weighted by atomic mass is 16.5. The van der Waals surface area contributed by atoms with E-state index in [1.807, 2.05) is 6.07 Å². The molecule has 0 bridgehead atoms. The molecule has 196 valence electrons. The van der Waals surface area contributed by atoms with Crippen LogP contribution < -0.4 is 9.47 Å². The summed E-state index contributed by atoms with van der Waals surface area (Å²) in [7, 11) is 0. The maximum Gasteiger partial charge on any atom is 0.126 e. The summed E-state index contributed by atoms with van der Waals surface area (Å²) in [6, 6.07) is 24.7. The number of nitrogens with zero attached hydrogens (tertiary/aromatic N) is 1. The smallest absolute Gasteiger partial charge is 0.126 e. The van der Waals surface area contributed by atoms with Crippen molar-refractivity contribution < 1.29 is 14.6 Å². The number of fused-ring (bicyclic) bond motifs is 1. The summed E-state index contributed by atoms with van der Waals surface area (Å²) in [6.07, 6.45) is 10.5. The van der Waals surface area contributed by atoms with Crippen LogP contribution in [0.1, 0.15) is 79.9 Å². The van der Waals surface area contributed by atoms with Gasteiger partial charge in [-0.1, -0.05) is 74.2 Å². The van der Waals surface area contributed by atoms with Crippen LogP contribution in [0.15, 0.2) is 72.8 Å². The fourth-order valence-corrected chi connectivity index (χ4v) is 5.91. The lowest BCUT2D eigenvalue weighted by Crippen LogP contribution is -2.25. The third-order valence-corrected chi connectivity index (χ3v) is 7.96. The highest BCUT2D eigenvalue weighted by Gasteiger charge is 2.33. The Balaban J connectivity index is 1.12. The Labute approximate surface area is 222 Å². The van der Waals surface area contributed by atoms with Gasteiger partial charge in [-0.25, -0.2) is 0 Å². The first-order chi connectivity index (χ1) is 18.3.